The Morgan fingerprint density at radius 3 is 2.65 bits per heavy atom. The van der Waals surface area contributed by atoms with Gasteiger partial charge in [-0.2, -0.15) is 0 Å². The SMILES string of the molecule is CCC(C)CNc1cc([N+](=O)[O-])cc(NC)n1. The van der Waals surface area contributed by atoms with Crippen molar-refractivity contribution in [1.29, 1.82) is 0 Å². The van der Waals surface area contributed by atoms with Gasteiger partial charge in [-0.1, -0.05) is 20.3 Å². The van der Waals surface area contributed by atoms with Crippen LogP contribution >= 0.6 is 0 Å². The van der Waals surface area contributed by atoms with Crippen molar-refractivity contribution in [2.75, 3.05) is 24.2 Å². The molecule has 2 N–H and O–H groups in total. The lowest BCUT2D eigenvalue weighted by Crippen LogP contribution is -2.12. The molecule has 0 fully saturated rings. The molecule has 0 radical (unpaired) electrons. The van der Waals surface area contributed by atoms with E-state index in [9.17, 15) is 10.1 Å². The zero-order valence-electron chi connectivity index (χ0n) is 10.4. The Kier molecular flexibility index (Phi) is 4.68. The van der Waals surface area contributed by atoms with E-state index in [1.165, 1.54) is 12.1 Å². The molecule has 0 bridgehead atoms. The van der Waals surface area contributed by atoms with E-state index in [4.69, 9.17) is 0 Å². The van der Waals surface area contributed by atoms with Crippen LogP contribution in [0.4, 0.5) is 17.3 Å². The normalized spacial score (nSPS) is 11.9. The van der Waals surface area contributed by atoms with Crippen molar-refractivity contribution in [3.63, 3.8) is 0 Å². The smallest absolute Gasteiger partial charge is 0.276 e. The molecule has 1 unspecified atom stereocenters. The second kappa shape index (κ2) is 6.03. The molecule has 6 nitrogen and oxygen atoms in total. The Hall–Kier alpha value is -1.85. The van der Waals surface area contributed by atoms with Gasteiger partial charge in [-0.25, -0.2) is 4.98 Å². The zero-order valence-corrected chi connectivity index (χ0v) is 10.4. The molecule has 1 heterocycles. The molecule has 0 aromatic carbocycles. The average Bonchev–Trinajstić information content (AvgIpc) is 2.35. The fraction of sp³-hybridized carbons (Fsp3) is 0.545. The highest BCUT2D eigenvalue weighted by Crippen LogP contribution is 2.20. The van der Waals surface area contributed by atoms with Gasteiger partial charge in [0.05, 0.1) is 17.1 Å². The Balaban J connectivity index is 2.83. The molecule has 0 aliphatic carbocycles. The van der Waals surface area contributed by atoms with Crippen LogP contribution in [0.5, 0.6) is 0 Å². The summed E-state index contributed by atoms with van der Waals surface area (Å²) in [6, 6.07) is 2.86. The average molecular weight is 238 g/mol. The number of nitrogens with one attached hydrogen (secondary N) is 2. The Morgan fingerprint density at radius 1 is 1.47 bits per heavy atom. The van der Waals surface area contributed by atoms with Crippen molar-refractivity contribution in [3.05, 3.63) is 22.2 Å². The van der Waals surface area contributed by atoms with Gasteiger partial charge in [0.15, 0.2) is 0 Å². The Labute approximate surface area is 101 Å². The van der Waals surface area contributed by atoms with E-state index >= 15 is 0 Å². The summed E-state index contributed by atoms with van der Waals surface area (Å²) < 4.78 is 0. The number of rotatable bonds is 6. The largest absolute Gasteiger partial charge is 0.373 e. The highest BCUT2D eigenvalue weighted by molar-refractivity contribution is 5.54. The first-order valence-corrected chi connectivity index (χ1v) is 5.65. The lowest BCUT2D eigenvalue weighted by Gasteiger charge is -2.11. The highest BCUT2D eigenvalue weighted by atomic mass is 16.6. The van der Waals surface area contributed by atoms with E-state index in [0.717, 1.165) is 13.0 Å². The first kappa shape index (κ1) is 13.2. The highest BCUT2D eigenvalue weighted by Gasteiger charge is 2.10. The quantitative estimate of drug-likeness (QED) is 0.588. The number of nitrogens with zero attached hydrogens (tertiary/aromatic N) is 2. The minimum absolute atomic E-state index is 0.0380. The van der Waals surface area contributed by atoms with Crippen molar-refractivity contribution < 1.29 is 4.92 Å². The summed E-state index contributed by atoms with van der Waals surface area (Å²) in [5, 5.41) is 16.7. The van der Waals surface area contributed by atoms with Crippen molar-refractivity contribution in [2.24, 2.45) is 5.92 Å². The van der Waals surface area contributed by atoms with Crippen LogP contribution in [-0.4, -0.2) is 23.5 Å². The third-order valence-electron chi connectivity index (χ3n) is 2.61. The van der Waals surface area contributed by atoms with Gasteiger partial charge in [0, 0.05) is 13.6 Å². The fourth-order valence-electron chi connectivity index (χ4n) is 1.26. The molecule has 0 saturated carbocycles. The van der Waals surface area contributed by atoms with Crippen LogP contribution in [0, 0.1) is 16.0 Å². The van der Waals surface area contributed by atoms with Crippen LogP contribution in [0.15, 0.2) is 12.1 Å². The monoisotopic (exact) mass is 238 g/mol. The molecule has 0 aliphatic heterocycles. The fourth-order valence-corrected chi connectivity index (χ4v) is 1.26. The maximum absolute atomic E-state index is 10.7. The van der Waals surface area contributed by atoms with Crippen molar-refractivity contribution >= 4 is 17.3 Å². The molecule has 17 heavy (non-hydrogen) atoms. The van der Waals surface area contributed by atoms with Crippen LogP contribution in [-0.2, 0) is 0 Å². The topological polar surface area (TPSA) is 80.1 Å². The summed E-state index contributed by atoms with van der Waals surface area (Å²) >= 11 is 0. The molecule has 1 aromatic rings. The third-order valence-corrected chi connectivity index (χ3v) is 2.61. The molecule has 0 amide bonds. The summed E-state index contributed by atoms with van der Waals surface area (Å²) in [4.78, 5) is 14.5. The van der Waals surface area contributed by atoms with Gasteiger partial charge in [0.2, 0.25) is 0 Å². The summed E-state index contributed by atoms with van der Waals surface area (Å²) in [7, 11) is 1.69. The van der Waals surface area contributed by atoms with Gasteiger partial charge >= 0.3 is 0 Å². The van der Waals surface area contributed by atoms with Crippen LogP contribution in [0.25, 0.3) is 0 Å². The second-order valence-electron chi connectivity index (χ2n) is 4.00. The van der Waals surface area contributed by atoms with Gasteiger partial charge in [-0.05, 0) is 5.92 Å². The number of pyridine rings is 1. The molecule has 1 rings (SSSR count). The Morgan fingerprint density at radius 2 is 2.12 bits per heavy atom. The summed E-state index contributed by atoms with van der Waals surface area (Å²) in [6.45, 7) is 4.98. The number of aromatic nitrogens is 1. The summed E-state index contributed by atoms with van der Waals surface area (Å²) in [6.07, 6.45) is 1.06. The van der Waals surface area contributed by atoms with Gasteiger partial charge in [0.1, 0.15) is 11.6 Å². The zero-order chi connectivity index (χ0) is 12.8. The van der Waals surface area contributed by atoms with E-state index in [1.807, 2.05) is 0 Å². The van der Waals surface area contributed by atoms with Gasteiger partial charge in [-0.3, -0.25) is 10.1 Å². The standard InChI is InChI=1S/C11H18N4O2/c1-4-8(2)7-13-11-6-9(15(16)17)5-10(12-3)14-11/h5-6,8H,4,7H2,1-3H3,(H2,12,13,14). The predicted octanol–water partition coefficient (Wildman–Crippen LogP) is 2.49. The van der Waals surface area contributed by atoms with E-state index in [0.29, 0.717) is 17.6 Å². The van der Waals surface area contributed by atoms with E-state index in [2.05, 4.69) is 29.5 Å². The van der Waals surface area contributed by atoms with Crippen LogP contribution < -0.4 is 10.6 Å². The molecular formula is C11H18N4O2. The van der Waals surface area contributed by atoms with Crippen LogP contribution in [0.2, 0.25) is 0 Å². The van der Waals surface area contributed by atoms with Crippen molar-refractivity contribution in [2.45, 2.75) is 20.3 Å². The van der Waals surface area contributed by atoms with Crippen LogP contribution in [0.1, 0.15) is 20.3 Å². The van der Waals surface area contributed by atoms with Gasteiger partial charge in [-0.15, -0.1) is 0 Å². The number of nitro groups is 1. The molecule has 94 valence electrons. The molecular weight excluding hydrogens is 220 g/mol. The molecule has 1 aromatic heterocycles. The lowest BCUT2D eigenvalue weighted by molar-refractivity contribution is -0.384. The minimum Gasteiger partial charge on any atom is -0.373 e. The maximum atomic E-state index is 10.7. The second-order valence-corrected chi connectivity index (χ2v) is 4.00. The first-order chi connectivity index (χ1) is 8.06. The first-order valence-electron chi connectivity index (χ1n) is 5.65. The maximum Gasteiger partial charge on any atom is 0.276 e. The number of anilines is 2. The molecule has 0 saturated heterocycles. The van der Waals surface area contributed by atoms with E-state index < -0.39 is 4.92 Å². The molecule has 6 heteroatoms. The minimum atomic E-state index is -0.420. The van der Waals surface area contributed by atoms with Crippen LogP contribution in [0.3, 0.4) is 0 Å². The third kappa shape index (κ3) is 3.90. The predicted molar refractivity (Wildman–Crippen MR) is 68.4 cm³/mol. The molecule has 1 atom stereocenters. The molecule has 0 spiro atoms. The van der Waals surface area contributed by atoms with Crippen molar-refractivity contribution in [1.82, 2.24) is 4.98 Å². The summed E-state index contributed by atoms with van der Waals surface area (Å²) in [5.41, 5.74) is 0.0380. The number of hydrogen-bond donors (Lipinski definition) is 2. The summed E-state index contributed by atoms with van der Waals surface area (Å²) in [5.74, 6) is 1.53. The van der Waals surface area contributed by atoms with Crippen molar-refractivity contribution in [3.8, 4) is 0 Å². The van der Waals surface area contributed by atoms with Gasteiger partial charge < -0.3 is 10.6 Å². The van der Waals surface area contributed by atoms with Gasteiger partial charge in [0.25, 0.3) is 5.69 Å². The molecule has 0 aliphatic rings. The van der Waals surface area contributed by atoms with E-state index in [-0.39, 0.29) is 5.69 Å². The Bertz CT molecular complexity index is 395. The lowest BCUT2D eigenvalue weighted by atomic mass is 10.1. The number of hydrogen-bond acceptors (Lipinski definition) is 5. The van der Waals surface area contributed by atoms with E-state index in [1.54, 1.807) is 7.05 Å².